The minimum absolute atomic E-state index is 0.0776. The molecule has 1 aromatic carbocycles. The molecular weight excluding hydrogens is 314 g/mol. The minimum atomic E-state index is -0.124. The first kappa shape index (κ1) is 17.4. The van der Waals surface area contributed by atoms with E-state index in [1.54, 1.807) is 6.20 Å². The number of morpholine rings is 1. The van der Waals surface area contributed by atoms with E-state index in [1.165, 1.54) is 5.56 Å². The highest BCUT2D eigenvalue weighted by molar-refractivity contribution is 6.04. The van der Waals surface area contributed by atoms with Gasteiger partial charge in [0.25, 0.3) is 5.91 Å². The van der Waals surface area contributed by atoms with Crippen LogP contribution in [0.4, 0.5) is 11.5 Å². The summed E-state index contributed by atoms with van der Waals surface area (Å²) in [6.45, 7) is 9.62. The van der Waals surface area contributed by atoms with Gasteiger partial charge in [0, 0.05) is 18.7 Å². The second-order valence-corrected chi connectivity index (χ2v) is 7.29. The van der Waals surface area contributed by atoms with Gasteiger partial charge in [0.1, 0.15) is 5.82 Å². The van der Waals surface area contributed by atoms with Crippen molar-refractivity contribution in [1.82, 2.24) is 4.98 Å². The number of hydrogen-bond donors (Lipinski definition) is 1. The molecule has 0 saturated carbocycles. The smallest absolute Gasteiger partial charge is 0.255 e. The highest BCUT2D eigenvalue weighted by Gasteiger charge is 2.15. The van der Waals surface area contributed by atoms with E-state index in [0.717, 1.165) is 32.1 Å². The zero-order valence-corrected chi connectivity index (χ0v) is 15.1. The number of benzene rings is 1. The van der Waals surface area contributed by atoms with Crippen LogP contribution in [0.3, 0.4) is 0 Å². The SMILES string of the molecule is CC(C)(C)c1ccc(C(=O)Nc2ccc(N3CCOCC3)nc2)cc1. The van der Waals surface area contributed by atoms with Crippen molar-refractivity contribution in [2.75, 3.05) is 36.5 Å². The zero-order valence-electron chi connectivity index (χ0n) is 15.1. The third kappa shape index (κ3) is 4.37. The fraction of sp³-hybridized carbons (Fsp3) is 0.400. The Bertz CT molecular complexity index is 712. The molecular formula is C20H25N3O2. The normalized spacial score (nSPS) is 15.1. The molecule has 1 fully saturated rings. The lowest BCUT2D eigenvalue weighted by atomic mass is 9.87. The number of rotatable bonds is 3. The molecule has 0 atom stereocenters. The second kappa shape index (κ2) is 7.23. The Morgan fingerprint density at radius 2 is 1.76 bits per heavy atom. The molecule has 0 aliphatic carbocycles. The molecule has 1 aliphatic heterocycles. The summed E-state index contributed by atoms with van der Waals surface area (Å²) < 4.78 is 5.35. The molecule has 0 radical (unpaired) electrons. The molecule has 1 aliphatic rings. The number of carbonyl (C=O) groups excluding carboxylic acids is 1. The molecule has 2 aromatic rings. The monoisotopic (exact) mass is 339 g/mol. The van der Waals surface area contributed by atoms with Crippen LogP contribution in [0.1, 0.15) is 36.7 Å². The van der Waals surface area contributed by atoms with Crippen LogP contribution in [0.2, 0.25) is 0 Å². The van der Waals surface area contributed by atoms with Crippen LogP contribution in [0.25, 0.3) is 0 Å². The largest absolute Gasteiger partial charge is 0.378 e. The summed E-state index contributed by atoms with van der Waals surface area (Å²) in [6.07, 6.45) is 1.70. The van der Waals surface area contributed by atoms with Gasteiger partial charge in [-0.3, -0.25) is 4.79 Å². The first-order chi connectivity index (χ1) is 11.9. The van der Waals surface area contributed by atoms with Crippen LogP contribution in [0.5, 0.6) is 0 Å². The fourth-order valence-electron chi connectivity index (χ4n) is 2.76. The Balaban J connectivity index is 1.64. The van der Waals surface area contributed by atoms with E-state index in [4.69, 9.17) is 4.74 Å². The van der Waals surface area contributed by atoms with Crippen molar-refractivity contribution in [3.05, 3.63) is 53.7 Å². The van der Waals surface area contributed by atoms with E-state index in [-0.39, 0.29) is 11.3 Å². The van der Waals surface area contributed by atoms with Crippen molar-refractivity contribution >= 4 is 17.4 Å². The molecule has 5 nitrogen and oxygen atoms in total. The first-order valence-corrected chi connectivity index (χ1v) is 8.64. The number of pyridine rings is 1. The maximum absolute atomic E-state index is 12.4. The predicted octanol–water partition coefficient (Wildman–Crippen LogP) is 3.47. The van der Waals surface area contributed by atoms with Crippen LogP contribution in [0, 0.1) is 0 Å². The summed E-state index contributed by atoms with van der Waals surface area (Å²) in [7, 11) is 0. The van der Waals surface area contributed by atoms with E-state index in [1.807, 2.05) is 36.4 Å². The molecule has 3 rings (SSSR count). The highest BCUT2D eigenvalue weighted by Crippen LogP contribution is 2.22. The maximum atomic E-state index is 12.4. The average Bonchev–Trinajstić information content (AvgIpc) is 2.62. The average molecular weight is 339 g/mol. The number of hydrogen-bond acceptors (Lipinski definition) is 4. The summed E-state index contributed by atoms with van der Waals surface area (Å²) in [5.41, 5.74) is 2.63. The third-order valence-electron chi connectivity index (χ3n) is 4.35. The number of nitrogens with zero attached hydrogens (tertiary/aromatic N) is 2. The van der Waals surface area contributed by atoms with Gasteiger partial charge >= 0.3 is 0 Å². The first-order valence-electron chi connectivity index (χ1n) is 8.64. The third-order valence-corrected chi connectivity index (χ3v) is 4.35. The molecule has 25 heavy (non-hydrogen) atoms. The highest BCUT2D eigenvalue weighted by atomic mass is 16.5. The van der Waals surface area contributed by atoms with E-state index in [2.05, 4.69) is 36.0 Å². The van der Waals surface area contributed by atoms with Crippen LogP contribution < -0.4 is 10.2 Å². The molecule has 1 aromatic heterocycles. The molecule has 0 spiro atoms. The van der Waals surface area contributed by atoms with Gasteiger partial charge in [-0.15, -0.1) is 0 Å². The van der Waals surface area contributed by atoms with Gasteiger partial charge in [0.05, 0.1) is 25.1 Å². The standard InChI is InChI=1S/C20H25N3O2/c1-20(2,3)16-6-4-15(5-7-16)19(24)22-17-8-9-18(21-14-17)23-10-12-25-13-11-23/h4-9,14H,10-13H2,1-3H3,(H,22,24). The fourth-order valence-corrected chi connectivity index (χ4v) is 2.76. The summed E-state index contributed by atoms with van der Waals surface area (Å²) in [5, 5.41) is 2.90. The van der Waals surface area contributed by atoms with Gasteiger partial charge in [-0.05, 0) is 35.2 Å². The Morgan fingerprint density at radius 3 is 2.32 bits per heavy atom. The van der Waals surface area contributed by atoms with Crippen LogP contribution in [-0.4, -0.2) is 37.2 Å². The van der Waals surface area contributed by atoms with E-state index >= 15 is 0 Å². The topological polar surface area (TPSA) is 54.5 Å². The Labute approximate surface area is 149 Å². The number of ether oxygens (including phenoxy) is 1. The van der Waals surface area contributed by atoms with Gasteiger partial charge in [-0.2, -0.15) is 0 Å². The van der Waals surface area contributed by atoms with Crippen LogP contribution >= 0.6 is 0 Å². The van der Waals surface area contributed by atoms with Crippen molar-refractivity contribution in [2.45, 2.75) is 26.2 Å². The van der Waals surface area contributed by atoms with Gasteiger partial charge in [-0.25, -0.2) is 4.98 Å². The number of carbonyl (C=O) groups is 1. The molecule has 0 bridgehead atoms. The molecule has 5 heteroatoms. The number of amides is 1. The van der Waals surface area contributed by atoms with E-state index < -0.39 is 0 Å². The maximum Gasteiger partial charge on any atom is 0.255 e. The van der Waals surface area contributed by atoms with Gasteiger partial charge in [0.15, 0.2) is 0 Å². The minimum Gasteiger partial charge on any atom is -0.378 e. The van der Waals surface area contributed by atoms with Gasteiger partial charge in [-0.1, -0.05) is 32.9 Å². The summed E-state index contributed by atoms with van der Waals surface area (Å²) in [5.74, 6) is 0.789. The quantitative estimate of drug-likeness (QED) is 0.930. The lowest BCUT2D eigenvalue weighted by Crippen LogP contribution is -2.36. The molecule has 132 valence electrons. The van der Waals surface area contributed by atoms with Gasteiger partial charge in [0.2, 0.25) is 0 Å². The zero-order chi connectivity index (χ0) is 17.9. The summed E-state index contributed by atoms with van der Waals surface area (Å²) in [4.78, 5) is 19.0. The van der Waals surface area contributed by atoms with Crippen molar-refractivity contribution < 1.29 is 9.53 Å². The Morgan fingerprint density at radius 1 is 1.08 bits per heavy atom. The molecule has 1 saturated heterocycles. The van der Waals surface area contributed by atoms with Crippen molar-refractivity contribution in [3.63, 3.8) is 0 Å². The van der Waals surface area contributed by atoms with E-state index in [9.17, 15) is 4.79 Å². The lowest BCUT2D eigenvalue weighted by molar-refractivity contribution is 0.102. The van der Waals surface area contributed by atoms with Crippen LogP contribution in [0.15, 0.2) is 42.6 Å². The number of aromatic nitrogens is 1. The van der Waals surface area contributed by atoms with E-state index in [0.29, 0.717) is 11.3 Å². The number of anilines is 2. The molecule has 1 N–H and O–H groups in total. The summed E-state index contributed by atoms with van der Waals surface area (Å²) >= 11 is 0. The second-order valence-electron chi connectivity index (χ2n) is 7.29. The van der Waals surface area contributed by atoms with Crippen LogP contribution in [-0.2, 0) is 10.2 Å². The Kier molecular flexibility index (Phi) is 5.04. The van der Waals surface area contributed by atoms with Crippen molar-refractivity contribution in [1.29, 1.82) is 0 Å². The lowest BCUT2D eigenvalue weighted by Gasteiger charge is -2.27. The number of nitrogens with one attached hydrogen (secondary N) is 1. The van der Waals surface area contributed by atoms with Crippen molar-refractivity contribution in [2.24, 2.45) is 0 Å². The van der Waals surface area contributed by atoms with Crippen molar-refractivity contribution in [3.8, 4) is 0 Å². The van der Waals surface area contributed by atoms with Gasteiger partial charge < -0.3 is 15.0 Å². The summed E-state index contributed by atoms with van der Waals surface area (Å²) in [6, 6.07) is 11.6. The molecule has 2 heterocycles. The Hall–Kier alpha value is -2.40. The molecule has 1 amide bonds. The predicted molar refractivity (Wildman–Crippen MR) is 100 cm³/mol. The molecule has 0 unspecified atom stereocenters.